The summed E-state index contributed by atoms with van der Waals surface area (Å²) in [5.74, 6) is 0.925. The third-order valence-electron chi connectivity index (χ3n) is 4.61. The van der Waals surface area contributed by atoms with E-state index in [9.17, 15) is 0 Å². The lowest BCUT2D eigenvalue weighted by Crippen LogP contribution is -2.00. The first-order chi connectivity index (χ1) is 11.4. The van der Waals surface area contributed by atoms with E-state index < -0.39 is 0 Å². The highest BCUT2D eigenvalue weighted by Gasteiger charge is 2.20. The molecule has 0 atom stereocenters. The predicted molar refractivity (Wildman–Crippen MR) is 87.4 cm³/mol. The molecule has 0 spiro atoms. The molecule has 116 valence electrons. The molecule has 0 unspecified atom stereocenters. The van der Waals surface area contributed by atoms with Gasteiger partial charge in [0.05, 0.1) is 30.1 Å². The van der Waals surface area contributed by atoms with Crippen molar-refractivity contribution in [3.05, 3.63) is 29.9 Å². The zero-order valence-corrected chi connectivity index (χ0v) is 12.9. The number of rotatable bonds is 3. The molecule has 0 saturated heterocycles. The first kappa shape index (κ1) is 13.9. The van der Waals surface area contributed by atoms with Gasteiger partial charge in [0.1, 0.15) is 12.1 Å². The van der Waals surface area contributed by atoms with Crippen molar-refractivity contribution in [1.82, 2.24) is 19.7 Å². The molecule has 2 aromatic rings. The highest BCUT2D eigenvalue weighted by atomic mass is 15.3. The van der Waals surface area contributed by atoms with Crippen LogP contribution < -0.4 is 5.32 Å². The van der Waals surface area contributed by atoms with Gasteiger partial charge in [-0.1, -0.05) is 0 Å². The number of nitrogens with one attached hydrogen (secondary N) is 1. The van der Waals surface area contributed by atoms with Crippen LogP contribution in [0.5, 0.6) is 0 Å². The zero-order chi connectivity index (χ0) is 15.6. The fourth-order valence-electron chi connectivity index (χ4n) is 3.48. The van der Waals surface area contributed by atoms with Gasteiger partial charge < -0.3 is 5.32 Å². The fourth-order valence-corrected chi connectivity index (χ4v) is 3.48. The summed E-state index contributed by atoms with van der Waals surface area (Å²) >= 11 is 0. The Kier molecular flexibility index (Phi) is 3.54. The number of aromatic nitrogens is 4. The number of nitrogens with zero attached hydrogens (tertiary/aromatic N) is 5. The third-order valence-corrected chi connectivity index (χ3v) is 4.61. The van der Waals surface area contributed by atoms with Gasteiger partial charge in [0.25, 0.3) is 0 Å². The van der Waals surface area contributed by atoms with Crippen LogP contribution in [0.2, 0.25) is 0 Å². The summed E-state index contributed by atoms with van der Waals surface area (Å²) in [4.78, 5) is 8.73. The lowest BCUT2D eigenvalue weighted by molar-refractivity contribution is 0.859. The Hall–Kier alpha value is -2.68. The maximum atomic E-state index is 9.15. The molecule has 1 aliphatic heterocycles. The van der Waals surface area contributed by atoms with E-state index in [1.807, 2.05) is 17.1 Å². The van der Waals surface area contributed by atoms with Crippen molar-refractivity contribution < 1.29 is 0 Å². The molecule has 2 aliphatic rings. The summed E-state index contributed by atoms with van der Waals surface area (Å²) in [6, 6.07) is 2.28. The van der Waals surface area contributed by atoms with E-state index in [0.29, 0.717) is 6.42 Å². The number of hydrogen-bond acceptors (Lipinski definition) is 5. The van der Waals surface area contributed by atoms with Crippen LogP contribution in [0.25, 0.3) is 17.0 Å². The molecule has 0 bridgehead atoms. The molecule has 4 rings (SSSR count). The van der Waals surface area contributed by atoms with Crippen molar-refractivity contribution in [1.29, 1.82) is 5.26 Å². The predicted octanol–water partition coefficient (Wildman–Crippen LogP) is 3.01. The van der Waals surface area contributed by atoms with E-state index in [1.54, 1.807) is 6.33 Å². The van der Waals surface area contributed by atoms with Gasteiger partial charge in [0.15, 0.2) is 0 Å². The molecule has 0 radical (unpaired) electrons. The molecule has 1 N–H and O–H groups in total. The molecule has 23 heavy (non-hydrogen) atoms. The quantitative estimate of drug-likeness (QED) is 0.943. The van der Waals surface area contributed by atoms with E-state index in [4.69, 9.17) is 5.26 Å². The van der Waals surface area contributed by atoms with E-state index in [-0.39, 0.29) is 0 Å². The lowest BCUT2D eigenvalue weighted by Gasteiger charge is -2.08. The number of anilines is 1. The topological polar surface area (TPSA) is 79.4 Å². The van der Waals surface area contributed by atoms with Gasteiger partial charge in [0, 0.05) is 23.9 Å². The van der Waals surface area contributed by atoms with Crippen LogP contribution in [0, 0.1) is 11.3 Å². The van der Waals surface area contributed by atoms with Gasteiger partial charge in [-0.3, -0.25) is 0 Å². The minimum Gasteiger partial charge on any atom is -0.369 e. The molecular formula is C17H18N6. The van der Waals surface area contributed by atoms with Crippen LogP contribution >= 0.6 is 0 Å². The Balaban J connectivity index is 1.74. The number of nitriles is 1. The molecule has 1 saturated carbocycles. The second-order valence-corrected chi connectivity index (χ2v) is 5.99. The number of allylic oxidation sites excluding steroid dienone is 2. The van der Waals surface area contributed by atoms with E-state index in [0.717, 1.165) is 54.1 Å². The highest BCUT2D eigenvalue weighted by molar-refractivity contribution is 5.70. The third kappa shape index (κ3) is 2.48. The van der Waals surface area contributed by atoms with Crippen molar-refractivity contribution in [2.24, 2.45) is 0 Å². The van der Waals surface area contributed by atoms with Crippen LogP contribution in [0.15, 0.2) is 24.3 Å². The molecule has 0 amide bonds. The largest absolute Gasteiger partial charge is 0.369 e. The second kappa shape index (κ2) is 5.84. The van der Waals surface area contributed by atoms with Crippen molar-refractivity contribution >= 4 is 11.5 Å². The first-order valence-electron chi connectivity index (χ1n) is 8.08. The fraction of sp³-hybridized carbons (Fsp3) is 0.412. The minimum absolute atomic E-state index is 0.403. The van der Waals surface area contributed by atoms with Gasteiger partial charge >= 0.3 is 0 Å². The standard InChI is InChI=1S/C17H18N6/c18-7-5-15(12-3-1-2-4-12)23-10-13(9-22-23)16-14-6-8-19-17(14)21-11-20-16/h9-11H,1-6,8H2,(H,19,20,21). The average molecular weight is 306 g/mol. The normalized spacial score (nSPS) is 16.0. The monoisotopic (exact) mass is 306 g/mol. The molecule has 3 heterocycles. The SMILES string of the molecule is N#CCC(=C1CCCC1)n1cc(-c2ncnc3c2CCN3)cn1. The molecule has 1 fully saturated rings. The molecule has 2 aromatic heterocycles. The van der Waals surface area contributed by atoms with Crippen LogP contribution in [0.3, 0.4) is 0 Å². The van der Waals surface area contributed by atoms with Gasteiger partial charge in [-0.2, -0.15) is 10.4 Å². The van der Waals surface area contributed by atoms with Crippen molar-refractivity contribution in [2.75, 3.05) is 11.9 Å². The number of fused-ring (bicyclic) bond motifs is 1. The maximum Gasteiger partial charge on any atom is 0.133 e. The van der Waals surface area contributed by atoms with Crippen molar-refractivity contribution in [3.8, 4) is 17.3 Å². The summed E-state index contributed by atoms with van der Waals surface area (Å²) < 4.78 is 1.87. The lowest BCUT2D eigenvalue weighted by atomic mass is 10.1. The minimum atomic E-state index is 0.403. The van der Waals surface area contributed by atoms with Crippen LogP contribution in [0.4, 0.5) is 5.82 Å². The van der Waals surface area contributed by atoms with E-state index in [2.05, 4.69) is 26.5 Å². The maximum absolute atomic E-state index is 9.15. The summed E-state index contributed by atoms with van der Waals surface area (Å²) in [5, 5.41) is 16.9. The summed E-state index contributed by atoms with van der Waals surface area (Å²) in [5.41, 5.74) is 5.50. The molecule has 1 aliphatic carbocycles. The van der Waals surface area contributed by atoms with Gasteiger partial charge in [-0.05, 0) is 37.7 Å². The van der Waals surface area contributed by atoms with Crippen LogP contribution in [-0.4, -0.2) is 26.3 Å². The van der Waals surface area contributed by atoms with Crippen molar-refractivity contribution in [2.45, 2.75) is 38.5 Å². The van der Waals surface area contributed by atoms with E-state index in [1.165, 1.54) is 18.4 Å². The van der Waals surface area contributed by atoms with Gasteiger partial charge in [-0.15, -0.1) is 0 Å². The van der Waals surface area contributed by atoms with Crippen LogP contribution in [-0.2, 0) is 6.42 Å². The average Bonchev–Trinajstić information content (AvgIpc) is 3.32. The molecule has 6 nitrogen and oxygen atoms in total. The van der Waals surface area contributed by atoms with Crippen molar-refractivity contribution in [3.63, 3.8) is 0 Å². The molecular weight excluding hydrogens is 288 g/mol. The van der Waals surface area contributed by atoms with Crippen LogP contribution in [0.1, 0.15) is 37.7 Å². The Morgan fingerprint density at radius 2 is 2.13 bits per heavy atom. The number of hydrogen-bond donors (Lipinski definition) is 1. The Labute approximate surface area is 134 Å². The smallest absolute Gasteiger partial charge is 0.133 e. The zero-order valence-electron chi connectivity index (χ0n) is 12.9. The van der Waals surface area contributed by atoms with Gasteiger partial charge in [0.2, 0.25) is 0 Å². The Morgan fingerprint density at radius 3 is 2.96 bits per heavy atom. The Morgan fingerprint density at radius 1 is 1.26 bits per heavy atom. The molecule has 6 heteroatoms. The molecule has 0 aromatic carbocycles. The summed E-state index contributed by atoms with van der Waals surface area (Å²) in [7, 11) is 0. The Bertz CT molecular complexity index is 803. The summed E-state index contributed by atoms with van der Waals surface area (Å²) in [6.07, 6.45) is 11.4. The highest BCUT2D eigenvalue weighted by Crippen LogP contribution is 2.32. The summed E-state index contributed by atoms with van der Waals surface area (Å²) in [6.45, 7) is 0.902. The van der Waals surface area contributed by atoms with E-state index >= 15 is 0 Å². The first-order valence-corrected chi connectivity index (χ1v) is 8.08. The second-order valence-electron chi connectivity index (χ2n) is 5.99. The van der Waals surface area contributed by atoms with Gasteiger partial charge in [-0.25, -0.2) is 14.6 Å².